The van der Waals surface area contributed by atoms with E-state index >= 15 is 0 Å². The number of unbranched alkanes of at least 4 members (excludes halogenated alkanes) is 6. The van der Waals surface area contributed by atoms with Gasteiger partial charge in [0.15, 0.2) is 11.5 Å². The first-order valence-electron chi connectivity index (χ1n) is 19.6. The van der Waals surface area contributed by atoms with E-state index in [9.17, 15) is 24.0 Å². The average molecular weight is 815 g/mol. The van der Waals surface area contributed by atoms with E-state index in [2.05, 4.69) is 13.2 Å². The molecule has 3 rings (SSSR count). The molecule has 0 aliphatic carbocycles. The molecule has 0 aliphatic rings. The fourth-order valence-corrected chi connectivity index (χ4v) is 5.17. The van der Waals surface area contributed by atoms with Gasteiger partial charge in [0, 0.05) is 17.7 Å². The molecule has 3 aromatic rings. The van der Waals surface area contributed by atoms with Crippen LogP contribution in [0.3, 0.4) is 0 Å². The van der Waals surface area contributed by atoms with Gasteiger partial charge in [-0.05, 0) is 131 Å². The third-order valence-electron chi connectivity index (χ3n) is 8.32. The van der Waals surface area contributed by atoms with Crippen molar-refractivity contribution in [2.24, 2.45) is 0 Å². The van der Waals surface area contributed by atoms with Gasteiger partial charge < -0.3 is 37.9 Å². The highest BCUT2D eigenvalue weighted by Gasteiger charge is 2.20. The van der Waals surface area contributed by atoms with Gasteiger partial charge in [-0.2, -0.15) is 0 Å². The molecular weight excluding hydrogens is 760 g/mol. The van der Waals surface area contributed by atoms with E-state index < -0.39 is 23.9 Å². The highest BCUT2D eigenvalue weighted by Crippen LogP contribution is 2.30. The van der Waals surface area contributed by atoms with E-state index in [1.54, 1.807) is 49.4 Å². The molecule has 59 heavy (non-hydrogen) atoms. The van der Waals surface area contributed by atoms with Gasteiger partial charge in [0.05, 0.1) is 45.7 Å². The Morgan fingerprint density at radius 2 is 1.24 bits per heavy atom. The molecule has 0 saturated carbocycles. The van der Waals surface area contributed by atoms with Crippen molar-refractivity contribution in [2.75, 3.05) is 40.1 Å². The number of carbonyl (C=O) groups excluding carboxylic acids is 5. The smallest absolute Gasteiger partial charge is 0.343 e. The third-order valence-corrected chi connectivity index (χ3v) is 8.32. The van der Waals surface area contributed by atoms with Crippen LogP contribution in [0.5, 0.6) is 28.7 Å². The molecule has 13 nitrogen and oxygen atoms in total. The van der Waals surface area contributed by atoms with Crippen molar-refractivity contribution in [3.63, 3.8) is 0 Å². The zero-order chi connectivity index (χ0) is 42.8. The van der Waals surface area contributed by atoms with Crippen molar-refractivity contribution in [1.29, 1.82) is 0 Å². The van der Waals surface area contributed by atoms with Crippen LogP contribution in [-0.4, -0.2) is 70.0 Å². The standard InChI is InChI=1S/C46H54O13/c1-6-26-54-40-23-16-34(31-41(40)52-5)17-25-43(48)59-39-24-22-37(32-38(39)46(51)57-30-15-11-9-13-28-55-42(47)7-2)58-45(50)35-18-20-36(21-19-35)53-27-12-8-10-14-29-56-44(49)33(3)4/h7,16-25,31-32H,2-3,6,8-15,26-30H2,1,4-5H3/b25-17+. The molecular formula is C46H54O13. The van der Waals surface area contributed by atoms with Crippen molar-refractivity contribution in [1.82, 2.24) is 0 Å². The van der Waals surface area contributed by atoms with E-state index in [1.165, 1.54) is 37.5 Å². The zero-order valence-electron chi connectivity index (χ0n) is 34.1. The quantitative estimate of drug-likeness (QED) is 0.0236. The minimum atomic E-state index is -0.783. The molecule has 0 fully saturated rings. The van der Waals surface area contributed by atoms with Crippen molar-refractivity contribution in [2.45, 2.75) is 71.6 Å². The van der Waals surface area contributed by atoms with Crippen LogP contribution in [-0.2, 0) is 28.6 Å². The third kappa shape index (κ3) is 17.8. The van der Waals surface area contributed by atoms with E-state index in [-0.39, 0.29) is 41.8 Å². The summed E-state index contributed by atoms with van der Waals surface area (Å²) >= 11 is 0. The molecule has 13 heteroatoms. The molecule has 0 heterocycles. The fraction of sp³-hybridized carbons (Fsp3) is 0.370. The van der Waals surface area contributed by atoms with Gasteiger partial charge in [-0.1, -0.05) is 26.1 Å². The summed E-state index contributed by atoms with van der Waals surface area (Å²) in [7, 11) is 1.52. The molecule has 0 saturated heterocycles. The summed E-state index contributed by atoms with van der Waals surface area (Å²) in [5, 5.41) is 0. The Hall–Kier alpha value is -6.37. The predicted octanol–water partition coefficient (Wildman–Crippen LogP) is 8.83. The molecule has 0 spiro atoms. The number of methoxy groups -OCH3 is 1. The number of rotatable bonds is 27. The molecule has 0 amide bonds. The first-order valence-corrected chi connectivity index (χ1v) is 19.6. The van der Waals surface area contributed by atoms with Gasteiger partial charge in [0.25, 0.3) is 0 Å². The van der Waals surface area contributed by atoms with Crippen LogP contribution in [0.25, 0.3) is 6.08 Å². The van der Waals surface area contributed by atoms with E-state index in [4.69, 9.17) is 37.9 Å². The highest BCUT2D eigenvalue weighted by atomic mass is 16.6. The summed E-state index contributed by atoms with van der Waals surface area (Å²) in [6.45, 7) is 12.2. The zero-order valence-corrected chi connectivity index (χ0v) is 34.1. The van der Waals surface area contributed by atoms with Crippen LogP contribution >= 0.6 is 0 Å². The molecule has 0 bridgehead atoms. The first-order chi connectivity index (χ1) is 28.5. The Morgan fingerprint density at radius 3 is 1.88 bits per heavy atom. The lowest BCUT2D eigenvalue weighted by Gasteiger charge is -2.12. The van der Waals surface area contributed by atoms with Crippen LogP contribution in [0.1, 0.15) is 97.9 Å². The average Bonchev–Trinajstić information content (AvgIpc) is 3.24. The normalized spacial score (nSPS) is 10.6. The van der Waals surface area contributed by atoms with Crippen LogP contribution in [0.2, 0.25) is 0 Å². The Bertz CT molecular complexity index is 1890. The fourth-order valence-electron chi connectivity index (χ4n) is 5.17. The maximum atomic E-state index is 13.3. The lowest BCUT2D eigenvalue weighted by atomic mass is 10.1. The van der Waals surface area contributed by atoms with Gasteiger partial charge in [0.1, 0.15) is 22.8 Å². The number of carbonyl (C=O) groups is 5. The lowest BCUT2D eigenvalue weighted by molar-refractivity contribution is -0.139. The number of hydrogen-bond donors (Lipinski definition) is 0. The van der Waals surface area contributed by atoms with Crippen molar-refractivity contribution >= 4 is 35.9 Å². The van der Waals surface area contributed by atoms with Crippen molar-refractivity contribution in [3.05, 3.63) is 108 Å². The van der Waals surface area contributed by atoms with Crippen LogP contribution in [0, 0.1) is 0 Å². The minimum Gasteiger partial charge on any atom is -0.494 e. The Labute approximate surface area is 345 Å². The van der Waals surface area contributed by atoms with Crippen LogP contribution in [0.4, 0.5) is 0 Å². The topological polar surface area (TPSA) is 159 Å². The number of benzene rings is 3. The van der Waals surface area contributed by atoms with Gasteiger partial charge >= 0.3 is 29.8 Å². The van der Waals surface area contributed by atoms with Gasteiger partial charge in [-0.15, -0.1) is 0 Å². The maximum Gasteiger partial charge on any atom is 0.343 e. The molecule has 316 valence electrons. The molecule has 0 radical (unpaired) electrons. The molecule has 0 aromatic heterocycles. The van der Waals surface area contributed by atoms with Crippen LogP contribution < -0.4 is 23.7 Å². The second kappa shape index (κ2) is 26.5. The summed E-state index contributed by atoms with van der Waals surface area (Å²) < 4.78 is 43.6. The summed E-state index contributed by atoms with van der Waals surface area (Å²) in [6.07, 6.45) is 10.7. The number of esters is 5. The Kier molecular flexibility index (Phi) is 21.1. The molecule has 3 aromatic carbocycles. The van der Waals surface area contributed by atoms with Crippen molar-refractivity contribution in [3.8, 4) is 28.7 Å². The van der Waals surface area contributed by atoms with Gasteiger partial charge in [-0.25, -0.2) is 24.0 Å². The minimum absolute atomic E-state index is 0.0264. The van der Waals surface area contributed by atoms with Gasteiger partial charge in [0.2, 0.25) is 0 Å². The molecule has 0 N–H and O–H groups in total. The molecule has 0 aliphatic heterocycles. The number of hydrogen-bond acceptors (Lipinski definition) is 13. The van der Waals surface area contributed by atoms with Crippen LogP contribution in [0.15, 0.2) is 91.5 Å². The molecule has 0 unspecified atom stereocenters. The summed E-state index contributed by atoms with van der Waals surface area (Å²) in [5.74, 6) is -1.50. The summed E-state index contributed by atoms with van der Waals surface area (Å²) in [6, 6.07) is 15.7. The largest absolute Gasteiger partial charge is 0.494 e. The monoisotopic (exact) mass is 814 g/mol. The summed E-state index contributed by atoms with van der Waals surface area (Å²) in [5.41, 5.74) is 1.15. The lowest BCUT2D eigenvalue weighted by Crippen LogP contribution is -2.13. The van der Waals surface area contributed by atoms with Crippen molar-refractivity contribution < 1.29 is 61.9 Å². The summed E-state index contributed by atoms with van der Waals surface area (Å²) in [4.78, 5) is 62.0. The highest BCUT2D eigenvalue weighted by molar-refractivity contribution is 5.96. The van der Waals surface area contributed by atoms with E-state index in [1.807, 2.05) is 6.92 Å². The second-order valence-electron chi connectivity index (χ2n) is 13.2. The van der Waals surface area contributed by atoms with Gasteiger partial charge in [-0.3, -0.25) is 0 Å². The maximum absolute atomic E-state index is 13.3. The first kappa shape index (κ1) is 47.0. The Morgan fingerprint density at radius 1 is 0.610 bits per heavy atom. The SMILES string of the molecule is C=CC(=O)OCCCCCCOC(=O)c1cc(OC(=O)c2ccc(OCCCCCCOC(=O)C(=C)C)cc2)ccc1OC(=O)/C=C/c1ccc(OCCC)c(OC)c1. The molecule has 0 atom stereocenters. The second-order valence-corrected chi connectivity index (χ2v) is 13.2. The van der Waals surface area contributed by atoms with E-state index in [0.717, 1.165) is 44.6 Å². The van der Waals surface area contributed by atoms with E-state index in [0.29, 0.717) is 67.5 Å². The number of ether oxygens (including phenoxy) is 8. The Balaban J connectivity index is 1.61. The predicted molar refractivity (Wildman–Crippen MR) is 221 cm³/mol.